The molecule has 1 saturated heterocycles. The van der Waals surface area contributed by atoms with Gasteiger partial charge >= 0.3 is 5.82 Å². The predicted octanol–water partition coefficient (Wildman–Crippen LogP) is -0.179. The molecule has 3 fully saturated rings. The van der Waals surface area contributed by atoms with Gasteiger partial charge < -0.3 is 15.3 Å². The number of aliphatic hydroxyl groups excluding tert-OH is 1. The lowest BCUT2D eigenvalue weighted by Gasteiger charge is -2.16. The zero-order chi connectivity index (χ0) is 17.7. The number of hydrogen-bond donors (Lipinski definition) is 4. The maximum atomic E-state index is 13.0. The summed E-state index contributed by atoms with van der Waals surface area (Å²) in [5, 5.41) is 13.1. The van der Waals surface area contributed by atoms with Crippen LogP contribution in [0.15, 0.2) is 24.4 Å². The largest absolute Gasteiger partial charge is 0.387 e. The molecule has 2 atom stereocenters. The number of nitrogens with one attached hydrogen (secondary N) is 3. The number of amides is 1. The average Bonchev–Trinajstić information content (AvgIpc) is 3.56. The van der Waals surface area contributed by atoms with E-state index in [2.05, 4.69) is 14.7 Å². The molecule has 2 unspecified atom stereocenters. The minimum absolute atomic E-state index is 0.0280. The lowest BCUT2D eigenvalue weighted by molar-refractivity contribution is -0.908. The lowest BCUT2D eigenvalue weighted by Crippen LogP contribution is -3.09. The van der Waals surface area contributed by atoms with Gasteiger partial charge in [0.05, 0.1) is 12.7 Å². The zero-order valence-corrected chi connectivity index (χ0v) is 15.1. The zero-order valence-electron chi connectivity index (χ0n) is 15.1. The van der Waals surface area contributed by atoms with Gasteiger partial charge in [0.15, 0.2) is 12.1 Å². The van der Waals surface area contributed by atoms with E-state index in [-0.39, 0.29) is 12.0 Å². The molecule has 2 aromatic rings. The fourth-order valence-electron chi connectivity index (χ4n) is 4.51. The van der Waals surface area contributed by atoms with Crippen molar-refractivity contribution in [3.05, 3.63) is 35.9 Å². The van der Waals surface area contributed by atoms with E-state index < -0.39 is 0 Å². The third-order valence-electron chi connectivity index (χ3n) is 6.23. The van der Waals surface area contributed by atoms with Crippen LogP contribution in [0.4, 0.5) is 0 Å². The molecule has 1 aliphatic heterocycles. The first-order valence-electron chi connectivity index (χ1n) is 10.0. The number of aromatic amines is 1. The summed E-state index contributed by atoms with van der Waals surface area (Å²) >= 11 is 0. The summed E-state index contributed by atoms with van der Waals surface area (Å²) in [4.78, 5) is 17.8. The van der Waals surface area contributed by atoms with Crippen LogP contribution >= 0.6 is 0 Å². The molecule has 4 N–H and O–H groups in total. The molecule has 5 rings (SSSR count). The molecular formula is C20H28N4O2+2. The summed E-state index contributed by atoms with van der Waals surface area (Å²) in [6.07, 6.45) is 7.71. The third kappa shape index (κ3) is 3.12. The summed E-state index contributed by atoms with van der Waals surface area (Å²) in [5.41, 5.74) is 1.61. The first-order valence-corrected chi connectivity index (χ1v) is 10.0. The second-order valence-corrected chi connectivity index (χ2v) is 8.40. The molecule has 6 nitrogen and oxygen atoms in total. The maximum Gasteiger partial charge on any atom is 0.316 e. The molecule has 0 bridgehead atoms. The summed E-state index contributed by atoms with van der Waals surface area (Å²) in [6, 6.07) is 6.34. The van der Waals surface area contributed by atoms with Gasteiger partial charge in [-0.3, -0.25) is 4.79 Å². The number of imidazole rings is 1. The van der Waals surface area contributed by atoms with Gasteiger partial charge in [-0.2, -0.15) is 4.40 Å². The number of hydrogen-bond acceptors (Lipinski definition) is 2. The SMILES string of the molecule is O=C(NC(C1CC1)C1CC1)c1[nH]c(C[NH+]2CCC(O)C2)[n+]2ccccc12. The van der Waals surface area contributed by atoms with Crippen molar-refractivity contribution in [3.63, 3.8) is 0 Å². The van der Waals surface area contributed by atoms with Gasteiger partial charge in [0.25, 0.3) is 5.91 Å². The first kappa shape index (κ1) is 16.3. The molecule has 138 valence electrons. The van der Waals surface area contributed by atoms with E-state index in [1.54, 1.807) is 0 Å². The van der Waals surface area contributed by atoms with Gasteiger partial charge in [-0.25, -0.2) is 4.98 Å². The number of pyridine rings is 1. The molecule has 0 radical (unpaired) electrons. The van der Waals surface area contributed by atoms with Crippen molar-refractivity contribution in [2.45, 2.75) is 50.8 Å². The summed E-state index contributed by atoms with van der Waals surface area (Å²) in [7, 11) is 0. The van der Waals surface area contributed by atoms with Crippen LogP contribution in [0.25, 0.3) is 5.52 Å². The Balaban J connectivity index is 1.40. The van der Waals surface area contributed by atoms with Crippen LogP contribution < -0.4 is 14.6 Å². The molecule has 3 aliphatic rings. The van der Waals surface area contributed by atoms with Crippen LogP contribution in [0.1, 0.15) is 48.4 Å². The molecular weight excluding hydrogens is 328 g/mol. The maximum absolute atomic E-state index is 13.0. The van der Waals surface area contributed by atoms with E-state index in [0.717, 1.165) is 37.4 Å². The molecule has 1 amide bonds. The summed E-state index contributed by atoms with van der Waals surface area (Å²) in [6.45, 7) is 2.55. The fraction of sp³-hybridized carbons (Fsp3) is 0.600. The summed E-state index contributed by atoms with van der Waals surface area (Å²) < 4.78 is 2.09. The van der Waals surface area contributed by atoms with E-state index >= 15 is 0 Å². The molecule has 6 heteroatoms. The van der Waals surface area contributed by atoms with Gasteiger partial charge in [-0.1, -0.05) is 6.07 Å². The van der Waals surface area contributed by atoms with E-state index in [9.17, 15) is 9.90 Å². The van der Waals surface area contributed by atoms with Crippen molar-refractivity contribution < 1.29 is 19.2 Å². The van der Waals surface area contributed by atoms with E-state index in [1.807, 2.05) is 24.4 Å². The Morgan fingerprint density at radius 2 is 2.04 bits per heavy atom. The average molecular weight is 356 g/mol. The number of fused-ring (bicyclic) bond motifs is 1. The van der Waals surface area contributed by atoms with Crippen molar-refractivity contribution in [2.75, 3.05) is 13.1 Å². The van der Waals surface area contributed by atoms with Gasteiger partial charge in [0, 0.05) is 12.5 Å². The van der Waals surface area contributed by atoms with Crippen molar-refractivity contribution in [2.24, 2.45) is 11.8 Å². The van der Waals surface area contributed by atoms with E-state index in [1.165, 1.54) is 30.6 Å². The van der Waals surface area contributed by atoms with Crippen LogP contribution in [0.5, 0.6) is 0 Å². The smallest absolute Gasteiger partial charge is 0.316 e. The van der Waals surface area contributed by atoms with Crippen LogP contribution in [-0.2, 0) is 6.54 Å². The Morgan fingerprint density at radius 1 is 1.27 bits per heavy atom. The third-order valence-corrected chi connectivity index (χ3v) is 6.23. The van der Waals surface area contributed by atoms with Crippen LogP contribution in [-0.4, -0.2) is 41.2 Å². The molecule has 3 heterocycles. The van der Waals surface area contributed by atoms with Crippen molar-refractivity contribution in [3.8, 4) is 0 Å². The number of likely N-dealkylation sites (tertiary alicyclic amines) is 1. The Hall–Kier alpha value is -1.92. The monoisotopic (exact) mass is 356 g/mol. The number of aromatic nitrogens is 2. The number of carbonyl (C=O) groups is 1. The summed E-state index contributed by atoms with van der Waals surface area (Å²) in [5.74, 6) is 2.44. The highest BCUT2D eigenvalue weighted by Crippen LogP contribution is 2.44. The number of H-pyrrole nitrogens is 1. The number of nitrogens with zero attached hydrogens (tertiary/aromatic N) is 1. The highest BCUT2D eigenvalue weighted by Gasteiger charge is 2.43. The highest BCUT2D eigenvalue weighted by atomic mass is 16.3. The lowest BCUT2D eigenvalue weighted by atomic mass is 10.1. The number of quaternary nitrogens is 1. The Morgan fingerprint density at radius 3 is 2.69 bits per heavy atom. The van der Waals surface area contributed by atoms with Gasteiger partial charge in [0.1, 0.15) is 12.6 Å². The molecule has 2 aromatic heterocycles. The standard InChI is InChI=1S/C20H26N4O2/c25-15-8-10-23(11-15)12-17-21-19(16-3-1-2-9-24(16)17)20(26)22-18(13-4-5-13)14-6-7-14/h1-3,9,13-15,18,25H,4-8,10-12H2,(H,22,26)/p+2. The van der Waals surface area contributed by atoms with E-state index in [0.29, 0.717) is 23.6 Å². The number of aliphatic hydroxyl groups is 1. The second kappa shape index (κ2) is 6.35. The normalized spacial score (nSPS) is 25.9. The molecule has 0 aromatic carbocycles. The number of carbonyl (C=O) groups excluding carboxylic acids is 1. The molecule has 26 heavy (non-hydrogen) atoms. The highest BCUT2D eigenvalue weighted by molar-refractivity contribution is 5.98. The Labute approximate surface area is 153 Å². The Kier molecular flexibility index (Phi) is 3.98. The molecule has 2 aliphatic carbocycles. The van der Waals surface area contributed by atoms with E-state index in [4.69, 9.17) is 0 Å². The quantitative estimate of drug-likeness (QED) is 0.542. The molecule has 0 spiro atoms. The van der Waals surface area contributed by atoms with Gasteiger partial charge in [0.2, 0.25) is 5.69 Å². The number of rotatable bonds is 6. The van der Waals surface area contributed by atoms with Crippen molar-refractivity contribution in [1.82, 2.24) is 10.3 Å². The van der Waals surface area contributed by atoms with Crippen molar-refractivity contribution in [1.29, 1.82) is 0 Å². The van der Waals surface area contributed by atoms with Crippen LogP contribution in [0, 0.1) is 11.8 Å². The van der Waals surface area contributed by atoms with Crippen LogP contribution in [0.3, 0.4) is 0 Å². The second-order valence-electron chi connectivity index (χ2n) is 8.40. The molecule has 2 saturated carbocycles. The van der Waals surface area contributed by atoms with Gasteiger partial charge in [-0.15, -0.1) is 0 Å². The van der Waals surface area contributed by atoms with Crippen molar-refractivity contribution >= 4 is 11.4 Å². The predicted molar refractivity (Wildman–Crippen MR) is 95.7 cm³/mol. The Bertz CT molecular complexity index is 812. The minimum Gasteiger partial charge on any atom is -0.387 e. The fourth-order valence-corrected chi connectivity index (χ4v) is 4.51. The first-order chi connectivity index (χ1) is 12.7. The van der Waals surface area contributed by atoms with Crippen LogP contribution in [0.2, 0.25) is 0 Å². The van der Waals surface area contributed by atoms with Gasteiger partial charge in [-0.05, 0) is 49.7 Å². The topological polar surface area (TPSA) is 73.7 Å². The minimum atomic E-state index is -0.197.